The molecule has 0 unspecified atom stereocenters. The van der Waals surface area contributed by atoms with Crippen molar-refractivity contribution in [1.29, 1.82) is 0 Å². The van der Waals surface area contributed by atoms with Crippen LogP contribution in [0, 0.1) is 0 Å². The van der Waals surface area contributed by atoms with E-state index >= 15 is 0 Å². The Hall–Kier alpha value is -2.36. The lowest BCUT2D eigenvalue weighted by molar-refractivity contribution is -0.165. The van der Waals surface area contributed by atoms with Gasteiger partial charge in [-0.15, -0.1) is 0 Å². The van der Waals surface area contributed by atoms with Crippen molar-refractivity contribution in [2.75, 3.05) is 19.7 Å². The number of hydrogen-bond acceptors (Lipinski definition) is 7. The highest BCUT2D eigenvalue weighted by molar-refractivity contribution is 5.83. The summed E-state index contributed by atoms with van der Waals surface area (Å²) >= 11 is 0. The number of hydrogen-bond donors (Lipinski definition) is 5. The molecule has 146 valence electrons. The Balaban J connectivity index is 0.000000294. The van der Waals surface area contributed by atoms with Crippen LogP contribution in [0.25, 0.3) is 0 Å². The molecule has 1 fully saturated rings. The van der Waals surface area contributed by atoms with Crippen molar-refractivity contribution in [2.24, 2.45) is 0 Å². The van der Waals surface area contributed by atoms with Crippen molar-refractivity contribution in [3.05, 3.63) is 24.3 Å². The molecule has 0 aromatic heterocycles. The number of aliphatic hydroxyl groups excluding tert-OH is 2. The molecule has 9 heteroatoms. The topological polar surface area (TPSA) is 146 Å². The zero-order chi connectivity index (χ0) is 19.5. The van der Waals surface area contributed by atoms with E-state index in [1.807, 2.05) is 31.2 Å². The van der Waals surface area contributed by atoms with Crippen molar-refractivity contribution in [2.45, 2.75) is 38.1 Å². The first kappa shape index (κ1) is 21.7. The van der Waals surface area contributed by atoms with E-state index in [9.17, 15) is 9.59 Å². The molecule has 9 nitrogen and oxygen atoms in total. The molecule has 0 saturated carbocycles. The van der Waals surface area contributed by atoms with E-state index in [1.165, 1.54) is 6.42 Å². The third kappa shape index (κ3) is 7.26. The number of rotatable bonds is 7. The first-order chi connectivity index (χ1) is 12.4. The van der Waals surface area contributed by atoms with Gasteiger partial charge in [-0.3, -0.25) is 0 Å². The molecule has 1 aromatic carbocycles. The van der Waals surface area contributed by atoms with Gasteiger partial charge < -0.3 is 35.2 Å². The number of nitrogens with one attached hydrogen (secondary N) is 1. The van der Waals surface area contributed by atoms with Gasteiger partial charge in [-0.2, -0.15) is 0 Å². The third-order valence-corrected chi connectivity index (χ3v) is 3.50. The second-order valence-corrected chi connectivity index (χ2v) is 5.53. The maximum Gasteiger partial charge on any atom is 0.335 e. The van der Waals surface area contributed by atoms with Crippen LogP contribution in [0.1, 0.15) is 19.8 Å². The quantitative estimate of drug-likeness (QED) is 0.450. The van der Waals surface area contributed by atoms with Gasteiger partial charge in [0.15, 0.2) is 23.7 Å². The highest BCUT2D eigenvalue weighted by Crippen LogP contribution is 2.28. The fourth-order valence-electron chi connectivity index (χ4n) is 2.19. The maximum absolute atomic E-state index is 9.77. The number of benzene rings is 1. The molecule has 2 rings (SSSR count). The summed E-state index contributed by atoms with van der Waals surface area (Å²) < 4.78 is 11.5. The van der Waals surface area contributed by atoms with E-state index in [4.69, 9.17) is 29.9 Å². The van der Waals surface area contributed by atoms with E-state index in [-0.39, 0.29) is 6.10 Å². The SMILES string of the molecule is CCOc1ccccc1O[C@@H]1CCCNC1.O=C(O)[C@@H](O)[C@H](O)C(=O)O. The van der Waals surface area contributed by atoms with Crippen LogP contribution >= 0.6 is 0 Å². The molecule has 0 amide bonds. The number of aliphatic hydroxyl groups is 2. The van der Waals surface area contributed by atoms with Crippen LogP contribution in [0.4, 0.5) is 0 Å². The minimum absolute atomic E-state index is 0.273. The van der Waals surface area contributed by atoms with E-state index in [0.717, 1.165) is 31.0 Å². The number of carbonyl (C=O) groups is 2. The van der Waals surface area contributed by atoms with Crippen LogP contribution in [0.2, 0.25) is 0 Å². The molecule has 1 heterocycles. The zero-order valence-electron chi connectivity index (χ0n) is 14.5. The normalized spacial score (nSPS) is 18.7. The van der Waals surface area contributed by atoms with E-state index < -0.39 is 24.1 Å². The fourth-order valence-corrected chi connectivity index (χ4v) is 2.19. The Morgan fingerprint density at radius 3 is 2.19 bits per heavy atom. The monoisotopic (exact) mass is 371 g/mol. The zero-order valence-corrected chi connectivity index (χ0v) is 14.5. The number of ether oxygens (including phenoxy) is 2. The number of aliphatic carboxylic acids is 2. The summed E-state index contributed by atoms with van der Waals surface area (Å²) in [6.07, 6.45) is -1.96. The number of carboxylic acid groups (broad SMARTS) is 2. The number of carboxylic acids is 2. The minimum atomic E-state index is -2.27. The Kier molecular flexibility index (Phi) is 9.42. The van der Waals surface area contributed by atoms with Gasteiger partial charge in [0.2, 0.25) is 0 Å². The van der Waals surface area contributed by atoms with Gasteiger partial charge in [0.1, 0.15) is 6.10 Å². The molecule has 0 aliphatic carbocycles. The van der Waals surface area contributed by atoms with Crippen LogP contribution in [0.5, 0.6) is 11.5 Å². The van der Waals surface area contributed by atoms with Crippen molar-refractivity contribution >= 4 is 11.9 Å². The Labute approximate surface area is 151 Å². The van der Waals surface area contributed by atoms with Gasteiger partial charge in [-0.05, 0) is 38.4 Å². The lowest BCUT2D eigenvalue weighted by Crippen LogP contribution is -2.39. The van der Waals surface area contributed by atoms with Gasteiger partial charge in [-0.1, -0.05) is 12.1 Å². The summed E-state index contributed by atoms with van der Waals surface area (Å²) in [5.41, 5.74) is 0. The summed E-state index contributed by atoms with van der Waals surface area (Å²) in [6.45, 7) is 4.69. The molecular formula is C17H25NO8. The Morgan fingerprint density at radius 1 is 1.15 bits per heavy atom. The average molecular weight is 371 g/mol. The molecule has 1 aromatic rings. The summed E-state index contributed by atoms with van der Waals surface area (Å²) in [5, 5.41) is 35.9. The highest BCUT2D eigenvalue weighted by atomic mass is 16.5. The van der Waals surface area contributed by atoms with E-state index in [0.29, 0.717) is 6.61 Å². The molecule has 1 aliphatic heterocycles. The molecule has 26 heavy (non-hydrogen) atoms. The number of para-hydroxylation sites is 2. The highest BCUT2D eigenvalue weighted by Gasteiger charge is 2.29. The largest absolute Gasteiger partial charge is 0.490 e. The van der Waals surface area contributed by atoms with Crippen LogP contribution in [0.3, 0.4) is 0 Å². The van der Waals surface area contributed by atoms with Crippen molar-refractivity contribution in [3.8, 4) is 11.5 Å². The van der Waals surface area contributed by atoms with Crippen LogP contribution < -0.4 is 14.8 Å². The predicted octanol–water partition coefficient (Wildman–Crippen LogP) is 0.0935. The maximum atomic E-state index is 9.77. The fraction of sp³-hybridized carbons (Fsp3) is 0.529. The van der Waals surface area contributed by atoms with Crippen molar-refractivity contribution < 1.29 is 39.5 Å². The summed E-state index contributed by atoms with van der Waals surface area (Å²) in [6, 6.07) is 7.87. The third-order valence-electron chi connectivity index (χ3n) is 3.50. The lowest BCUT2D eigenvalue weighted by atomic mass is 10.1. The molecule has 0 bridgehead atoms. The van der Waals surface area contributed by atoms with Gasteiger partial charge in [0.05, 0.1) is 6.61 Å². The van der Waals surface area contributed by atoms with E-state index in [2.05, 4.69) is 5.32 Å². The molecule has 0 radical (unpaired) electrons. The van der Waals surface area contributed by atoms with Gasteiger partial charge in [-0.25, -0.2) is 9.59 Å². The number of piperidine rings is 1. The average Bonchev–Trinajstić information content (AvgIpc) is 2.63. The first-order valence-electron chi connectivity index (χ1n) is 8.27. The second-order valence-electron chi connectivity index (χ2n) is 5.53. The molecule has 5 N–H and O–H groups in total. The van der Waals surface area contributed by atoms with Crippen molar-refractivity contribution in [1.82, 2.24) is 5.32 Å². The van der Waals surface area contributed by atoms with Crippen LogP contribution in [-0.4, -0.2) is 70.4 Å². The van der Waals surface area contributed by atoms with Crippen molar-refractivity contribution in [3.63, 3.8) is 0 Å². The van der Waals surface area contributed by atoms with Crippen LogP contribution in [0.15, 0.2) is 24.3 Å². The Bertz CT molecular complexity index is 556. The van der Waals surface area contributed by atoms with Crippen LogP contribution in [-0.2, 0) is 9.59 Å². The molecular weight excluding hydrogens is 346 g/mol. The van der Waals surface area contributed by atoms with E-state index in [1.54, 1.807) is 0 Å². The first-order valence-corrected chi connectivity index (χ1v) is 8.27. The standard InChI is InChI=1S/C13H19NO2.C4H6O6/c1-2-15-12-7-3-4-8-13(12)16-11-6-5-9-14-10-11;5-1(3(7)8)2(6)4(9)10/h3-4,7-8,11,14H,2,5-6,9-10H2,1H3;1-2,5-6H,(H,7,8)(H,9,10)/t11-;1-,2-/m10/s1. The molecule has 1 aliphatic rings. The summed E-state index contributed by atoms with van der Waals surface area (Å²) in [4.78, 5) is 19.5. The van der Waals surface area contributed by atoms with Gasteiger partial charge in [0, 0.05) is 6.54 Å². The minimum Gasteiger partial charge on any atom is -0.490 e. The summed E-state index contributed by atoms with van der Waals surface area (Å²) in [5.74, 6) is -1.83. The smallest absolute Gasteiger partial charge is 0.335 e. The lowest BCUT2D eigenvalue weighted by Gasteiger charge is -2.24. The van der Waals surface area contributed by atoms with Gasteiger partial charge in [0.25, 0.3) is 0 Å². The molecule has 1 saturated heterocycles. The van der Waals surface area contributed by atoms with Gasteiger partial charge >= 0.3 is 11.9 Å². The second kappa shape index (κ2) is 11.3. The molecule has 3 atom stereocenters. The molecule has 0 spiro atoms. The Morgan fingerprint density at radius 2 is 1.73 bits per heavy atom. The summed E-state index contributed by atoms with van der Waals surface area (Å²) in [7, 11) is 0. The predicted molar refractivity (Wildman–Crippen MR) is 91.4 cm³/mol.